The summed E-state index contributed by atoms with van der Waals surface area (Å²) < 4.78 is 53.8. The van der Waals surface area contributed by atoms with E-state index in [2.05, 4.69) is 5.16 Å². The van der Waals surface area contributed by atoms with E-state index in [4.69, 9.17) is 24.8 Å². The molecule has 1 aromatic carbocycles. The number of hydrogen-bond acceptors (Lipinski definition) is 6. The summed E-state index contributed by atoms with van der Waals surface area (Å²) in [5.74, 6) is -0.800. The lowest BCUT2D eigenvalue weighted by molar-refractivity contribution is -0.153. The summed E-state index contributed by atoms with van der Waals surface area (Å²) in [6, 6.07) is 4.48. The second-order valence-electron chi connectivity index (χ2n) is 7.64. The Labute approximate surface area is 164 Å². The molecule has 1 spiro atoms. The highest BCUT2D eigenvalue weighted by Crippen LogP contribution is 2.40. The predicted octanol–water partition coefficient (Wildman–Crippen LogP) is 2.55. The molecule has 2 fully saturated rings. The quantitative estimate of drug-likeness (QED) is 0.740. The number of carbonyl (C=O) groups excluding carboxylic acids is 1. The molecule has 2 aliphatic heterocycles. The Morgan fingerprint density at radius 1 is 1.34 bits per heavy atom. The van der Waals surface area contributed by atoms with Crippen LogP contribution in [0.4, 0.5) is 13.2 Å². The predicted molar refractivity (Wildman–Crippen MR) is 94.7 cm³/mol. The Kier molecular flexibility index (Phi) is 5.05. The third-order valence-electron chi connectivity index (χ3n) is 5.16. The minimum Gasteiger partial charge on any atom is -0.480 e. The SMILES string of the molecule is NC(=O)C(Oc1cc(C2=NOC3(CCOC3)C2)ccc1OCC(F)(F)F)C1CC1. The van der Waals surface area contributed by atoms with Crippen molar-refractivity contribution in [3.63, 3.8) is 0 Å². The molecular formula is C19H21F3N2O5. The molecule has 0 aromatic heterocycles. The van der Waals surface area contributed by atoms with Gasteiger partial charge in [-0.1, -0.05) is 5.16 Å². The smallest absolute Gasteiger partial charge is 0.422 e. The van der Waals surface area contributed by atoms with Crippen LogP contribution in [-0.4, -0.2) is 49.3 Å². The fraction of sp³-hybridized carbons (Fsp3) is 0.579. The number of alkyl halides is 3. The minimum absolute atomic E-state index is 0.0220. The van der Waals surface area contributed by atoms with E-state index in [1.165, 1.54) is 12.1 Å². The first-order chi connectivity index (χ1) is 13.7. The molecule has 158 valence electrons. The van der Waals surface area contributed by atoms with Crippen LogP contribution in [-0.2, 0) is 14.4 Å². The highest BCUT2D eigenvalue weighted by Gasteiger charge is 2.43. The van der Waals surface area contributed by atoms with Gasteiger partial charge in [-0.15, -0.1) is 0 Å². The van der Waals surface area contributed by atoms with Crippen molar-refractivity contribution in [3.05, 3.63) is 23.8 Å². The van der Waals surface area contributed by atoms with Crippen LogP contribution in [0, 0.1) is 5.92 Å². The van der Waals surface area contributed by atoms with Gasteiger partial charge in [-0.25, -0.2) is 0 Å². The maximum absolute atomic E-state index is 12.6. The van der Waals surface area contributed by atoms with Crippen LogP contribution in [0.2, 0.25) is 0 Å². The van der Waals surface area contributed by atoms with E-state index in [1.807, 2.05) is 0 Å². The molecule has 1 saturated heterocycles. The zero-order valence-corrected chi connectivity index (χ0v) is 15.5. The van der Waals surface area contributed by atoms with Gasteiger partial charge in [0.15, 0.2) is 29.8 Å². The normalized spacial score (nSPS) is 24.9. The van der Waals surface area contributed by atoms with Gasteiger partial charge in [-0.05, 0) is 31.0 Å². The first-order valence-corrected chi connectivity index (χ1v) is 9.37. The molecule has 2 unspecified atom stereocenters. The highest BCUT2D eigenvalue weighted by atomic mass is 19.4. The van der Waals surface area contributed by atoms with Crippen LogP contribution in [0.1, 0.15) is 31.2 Å². The molecule has 4 rings (SSSR count). The van der Waals surface area contributed by atoms with E-state index >= 15 is 0 Å². The Morgan fingerprint density at radius 2 is 2.14 bits per heavy atom. The lowest BCUT2D eigenvalue weighted by Crippen LogP contribution is -2.35. The molecule has 7 nitrogen and oxygen atoms in total. The Balaban J connectivity index is 1.58. The summed E-state index contributed by atoms with van der Waals surface area (Å²) in [5, 5.41) is 4.13. The van der Waals surface area contributed by atoms with Gasteiger partial charge in [0.25, 0.3) is 5.91 Å². The number of primary amides is 1. The third kappa shape index (κ3) is 4.58. The van der Waals surface area contributed by atoms with Crippen LogP contribution in [0.3, 0.4) is 0 Å². The minimum atomic E-state index is -4.51. The molecule has 1 aromatic rings. The van der Waals surface area contributed by atoms with Crippen molar-refractivity contribution in [1.82, 2.24) is 0 Å². The summed E-state index contributed by atoms with van der Waals surface area (Å²) in [7, 11) is 0. The second-order valence-corrected chi connectivity index (χ2v) is 7.64. The van der Waals surface area contributed by atoms with E-state index in [1.54, 1.807) is 6.07 Å². The van der Waals surface area contributed by atoms with Crippen LogP contribution >= 0.6 is 0 Å². The Morgan fingerprint density at radius 3 is 2.76 bits per heavy atom. The maximum atomic E-state index is 12.6. The van der Waals surface area contributed by atoms with Gasteiger partial charge in [0.2, 0.25) is 0 Å². The van der Waals surface area contributed by atoms with Gasteiger partial charge in [-0.2, -0.15) is 13.2 Å². The summed E-state index contributed by atoms with van der Waals surface area (Å²) in [6.07, 6.45) is -2.66. The number of rotatable bonds is 7. The van der Waals surface area contributed by atoms with Crippen molar-refractivity contribution >= 4 is 11.6 Å². The first kappa shape index (κ1) is 19.8. The molecule has 10 heteroatoms. The van der Waals surface area contributed by atoms with Crippen molar-refractivity contribution in [1.29, 1.82) is 0 Å². The lowest BCUT2D eigenvalue weighted by Gasteiger charge is -2.20. The molecule has 29 heavy (non-hydrogen) atoms. The van der Waals surface area contributed by atoms with Gasteiger partial charge in [0, 0.05) is 24.3 Å². The molecule has 0 bridgehead atoms. The van der Waals surface area contributed by atoms with E-state index < -0.39 is 30.4 Å². The number of benzene rings is 1. The number of hydrogen-bond donors (Lipinski definition) is 1. The topological polar surface area (TPSA) is 92.4 Å². The Hall–Kier alpha value is -2.49. The van der Waals surface area contributed by atoms with Gasteiger partial charge in [0.05, 0.1) is 18.9 Å². The van der Waals surface area contributed by atoms with Crippen molar-refractivity contribution in [2.45, 2.75) is 43.6 Å². The number of nitrogens with zero attached hydrogens (tertiary/aromatic N) is 1. The molecule has 3 aliphatic rings. The van der Waals surface area contributed by atoms with E-state index in [-0.39, 0.29) is 17.4 Å². The van der Waals surface area contributed by atoms with Gasteiger partial charge >= 0.3 is 6.18 Å². The average molecular weight is 414 g/mol. The number of oxime groups is 1. The monoisotopic (exact) mass is 414 g/mol. The van der Waals surface area contributed by atoms with Crippen molar-refractivity contribution < 1.29 is 37.0 Å². The number of carbonyl (C=O) groups is 1. The fourth-order valence-corrected chi connectivity index (χ4v) is 3.46. The first-order valence-electron chi connectivity index (χ1n) is 9.37. The molecular weight excluding hydrogens is 393 g/mol. The molecule has 1 saturated carbocycles. The van der Waals surface area contributed by atoms with Crippen LogP contribution < -0.4 is 15.2 Å². The summed E-state index contributed by atoms with van der Waals surface area (Å²) in [5.41, 5.74) is 6.16. The van der Waals surface area contributed by atoms with E-state index in [9.17, 15) is 18.0 Å². The molecule has 1 amide bonds. The van der Waals surface area contributed by atoms with E-state index in [0.717, 1.165) is 12.8 Å². The summed E-state index contributed by atoms with van der Waals surface area (Å²) >= 11 is 0. The van der Waals surface area contributed by atoms with Gasteiger partial charge in [0.1, 0.15) is 0 Å². The number of halogens is 3. The fourth-order valence-electron chi connectivity index (χ4n) is 3.46. The van der Waals surface area contributed by atoms with Crippen molar-refractivity contribution in [2.75, 3.05) is 19.8 Å². The zero-order valence-electron chi connectivity index (χ0n) is 15.5. The molecule has 2 N–H and O–H groups in total. The highest BCUT2D eigenvalue weighted by molar-refractivity contribution is 6.02. The van der Waals surface area contributed by atoms with Crippen molar-refractivity contribution in [3.8, 4) is 11.5 Å². The van der Waals surface area contributed by atoms with Crippen LogP contribution in [0.15, 0.2) is 23.4 Å². The average Bonchev–Trinajstić information content (AvgIpc) is 3.25. The number of nitrogens with two attached hydrogens (primary N) is 1. The summed E-state index contributed by atoms with van der Waals surface area (Å²) in [4.78, 5) is 17.3. The van der Waals surface area contributed by atoms with Crippen molar-refractivity contribution in [2.24, 2.45) is 16.8 Å². The molecule has 0 radical (unpaired) electrons. The van der Waals surface area contributed by atoms with E-state index in [0.29, 0.717) is 37.3 Å². The van der Waals surface area contributed by atoms with Crippen LogP contribution in [0.5, 0.6) is 11.5 Å². The van der Waals surface area contributed by atoms with Gasteiger partial charge < -0.3 is 24.8 Å². The van der Waals surface area contributed by atoms with Crippen LogP contribution in [0.25, 0.3) is 0 Å². The summed E-state index contributed by atoms with van der Waals surface area (Å²) in [6.45, 7) is -0.456. The number of ether oxygens (including phenoxy) is 3. The second kappa shape index (κ2) is 7.40. The number of amides is 1. The third-order valence-corrected chi connectivity index (χ3v) is 5.16. The molecule has 2 heterocycles. The molecule has 2 atom stereocenters. The standard InChI is InChI=1S/C19H21F3N2O5/c20-19(21,22)10-27-14-4-3-12(13-8-18(29-24-13)5-6-26-9-18)7-15(14)28-16(17(23)25)11-1-2-11/h3-4,7,11,16H,1-2,5-6,8-10H2,(H2,23,25). The molecule has 1 aliphatic carbocycles. The van der Waals surface area contributed by atoms with Gasteiger partial charge in [-0.3, -0.25) is 4.79 Å². The zero-order chi connectivity index (χ0) is 20.6. The lowest BCUT2D eigenvalue weighted by atomic mass is 9.93. The largest absolute Gasteiger partial charge is 0.480 e. The Bertz CT molecular complexity index is 817. The maximum Gasteiger partial charge on any atom is 0.422 e.